The quantitative estimate of drug-likeness (QED) is 0.785. The van der Waals surface area contributed by atoms with Crippen molar-refractivity contribution in [2.45, 2.75) is 18.9 Å². The molecule has 2 atom stereocenters. The second-order valence-corrected chi connectivity index (χ2v) is 4.66. The molecule has 0 fully saturated rings. The van der Waals surface area contributed by atoms with Crippen molar-refractivity contribution in [2.75, 3.05) is 11.9 Å². The molecule has 0 saturated carbocycles. The SMILES string of the molecule is CC(c1ccccc1F)C(O)CNc1ccc(O)nc1. The van der Waals surface area contributed by atoms with Crippen LogP contribution in [0.2, 0.25) is 0 Å². The first kappa shape index (κ1) is 14.3. The molecule has 1 heterocycles. The molecule has 0 aliphatic carbocycles. The van der Waals surface area contributed by atoms with E-state index in [1.54, 1.807) is 31.2 Å². The Kier molecular flexibility index (Phi) is 4.53. The van der Waals surface area contributed by atoms with E-state index in [-0.39, 0.29) is 24.2 Å². The summed E-state index contributed by atoms with van der Waals surface area (Å²) >= 11 is 0. The van der Waals surface area contributed by atoms with Crippen LogP contribution in [0.4, 0.5) is 10.1 Å². The fraction of sp³-hybridized carbons (Fsp3) is 0.267. The van der Waals surface area contributed by atoms with Crippen LogP contribution in [-0.2, 0) is 0 Å². The summed E-state index contributed by atoms with van der Waals surface area (Å²) in [5.41, 5.74) is 1.17. The fourth-order valence-electron chi connectivity index (χ4n) is 1.94. The van der Waals surface area contributed by atoms with Crippen molar-refractivity contribution < 1.29 is 14.6 Å². The maximum Gasteiger partial charge on any atom is 0.210 e. The van der Waals surface area contributed by atoms with Gasteiger partial charge in [0, 0.05) is 18.5 Å². The molecule has 2 aromatic rings. The lowest BCUT2D eigenvalue weighted by atomic mass is 9.95. The maximum atomic E-state index is 13.6. The predicted molar refractivity (Wildman–Crippen MR) is 75.2 cm³/mol. The zero-order valence-electron chi connectivity index (χ0n) is 11.1. The number of hydrogen-bond acceptors (Lipinski definition) is 4. The molecule has 0 aliphatic heterocycles. The van der Waals surface area contributed by atoms with Crippen molar-refractivity contribution in [2.24, 2.45) is 0 Å². The van der Waals surface area contributed by atoms with E-state index in [2.05, 4.69) is 10.3 Å². The first-order valence-electron chi connectivity index (χ1n) is 6.39. The molecule has 20 heavy (non-hydrogen) atoms. The van der Waals surface area contributed by atoms with Crippen LogP contribution in [0.3, 0.4) is 0 Å². The van der Waals surface area contributed by atoms with E-state index < -0.39 is 6.10 Å². The number of aliphatic hydroxyl groups is 1. The van der Waals surface area contributed by atoms with Crippen molar-refractivity contribution in [3.05, 3.63) is 54.0 Å². The normalized spacial score (nSPS) is 13.8. The second-order valence-electron chi connectivity index (χ2n) is 4.66. The molecule has 2 rings (SSSR count). The van der Waals surface area contributed by atoms with Crippen molar-refractivity contribution in [3.8, 4) is 5.88 Å². The lowest BCUT2D eigenvalue weighted by molar-refractivity contribution is 0.160. The van der Waals surface area contributed by atoms with Gasteiger partial charge in [-0.2, -0.15) is 0 Å². The van der Waals surface area contributed by atoms with Gasteiger partial charge in [-0.15, -0.1) is 0 Å². The summed E-state index contributed by atoms with van der Waals surface area (Å²) in [4.78, 5) is 3.73. The van der Waals surface area contributed by atoms with Crippen molar-refractivity contribution in [3.63, 3.8) is 0 Å². The van der Waals surface area contributed by atoms with Crippen LogP contribution in [0.1, 0.15) is 18.4 Å². The number of rotatable bonds is 5. The van der Waals surface area contributed by atoms with Gasteiger partial charge in [-0.3, -0.25) is 0 Å². The number of aromatic nitrogens is 1. The summed E-state index contributed by atoms with van der Waals surface area (Å²) in [5.74, 6) is -0.699. The molecule has 3 N–H and O–H groups in total. The summed E-state index contributed by atoms with van der Waals surface area (Å²) in [7, 11) is 0. The average molecular weight is 276 g/mol. The van der Waals surface area contributed by atoms with Crippen LogP contribution >= 0.6 is 0 Å². The highest BCUT2D eigenvalue weighted by atomic mass is 19.1. The number of nitrogens with one attached hydrogen (secondary N) is 1. The number of pyridine rings is 1. The Bertz CT molecular complexity index is 560. The number of aliphatic hydroxyl groups excluding tert-OH is 1. The zero-order valence-corrected chi connectivity index (χ0v) is 11.1. The molecule has 2 unspecified atom stereocenters. The Labute approximate surface area is 116 Å². The molecule has 106 valence electrons. The molecule has 0 bridgehead atoms. The largest absolute Gasteiger partial charge is 0.493 e. The standard InChI is InChI=1S/C15H17FN2O2/c1-10(12-4-2-3-5-13(12)16)14(19)9-17-11-6-7-15(20)18-8-11/h2-8,10,14,17,19H,9H2,1H3,(H,18,20). The third-order valence-corrected chi connectivity index (χ3v) is 3.24. The number of aromatic hydroxyl groups is 1. The lowest BCUT2D eigenvalue weighted by Gasteiger charge is -2.20. The molecule has 1 aromatic heterocycles. The number of hydrogen-bond donors (Lipinski definition) is 3. The summed E-state index contributed by atoms with van der Waals surface area (Å²) in [6.45, 7) is 2.04. The minimum absolute atomic E-state index is 0.0594. The molecule has 1 aromatic carbocycles. The molecule has 0 amide bonds. The van der Waals surface area contributed by atoms with Crippen molar-refractivity contribution in [1.82, 2.24) is 4.98 Å². The smallest absolute Gasteiger partial charge is 0.210 e. The highest BCUT2D eigenvalue weighted by Crippen LogP contribution is 2.22. The Morgan fingerprint density at radius 1 is 1.25 bits per heavy atom. The van der Waals surface area contributed by atoms with E-state index >= 15 is 0 Å². The van der Waals surface area contributed by atoms with Crippen LogP contribution in [0, 0.1) is 5.82 Å². The summed E-state index contributed by atoms with van der Waals surface area (Å²) in [5, 5.41) is 22.2. The van der Waals surface area contributed by atoms with Gasteiger partial charge in [0.05, 0.1) is 18.0 Å². The van der Waals surface area contributed by atoms with Crippen LogP contribution in [0.15, 0.2) is 42.6 Å². The van der Waals surface area contributed by atoms with Gasteiger partial charge >= 0.3 is 0 Å². The number of anilines is 1. The van der Waals surface area contributed by atoms with E-state index in [1.165, 1.54) is 18.3 Å². The van der Waals surface area contributed by atoms with Gasteiger partial charge in [0.15, 0.2) is 0 Å². The summed E-state index contributed by atoms with van der Waals surface area (Å²) in [6.07, 6.45) is 0.733. The molecule has 0 saturated heterocycles. The van der Waals surface area contributed by atoms with E-state index in [1.807, 2.05) is 0 Å². The average Bonchev–Trinajstić information content (AvgIpc) is 2.46. The van der Waals surface area contributed by atoms with E-state index in [4.69, 9.17) is 5.11 Å². The zero-order chi connectivity index (χ0) is 14.5. The molecular weight excluding hydrogens is 259 g/mol. The first-order valence-corrected chi connectivity index (χ1v) is 6.39. The highest BCUT2D eigenvalue weighted by Gasteiger charge is 2.18. The van der Waals surface area contributed by atoms with Gasteiger partial charge in [0.2, 0.25) is 5.88 Å². The van der Waals surface area contributed by atoms with E-state index in [0.717, 1.165) is 0 Å². The molecule has 4 nitrogen and oxygen atoms in total. The van der Waals surface area contributed by atoms with Gasteiger partial charge in [-0.1, -0.05) is 25.1 Å². The van der Waals surface area contributed by atoms with Crippen LogP contribution in [0.5, 0.6) is 5.88 Å². The van der Waals surface area contributed by atoms with Gasteiger partial charge in [0.25, 0.3) is 0 Å². The Morgan fingerprint density at radius 2 is 2.00 bits per heavy atom. The van der Waals surface area contributed by atoms with Crippen molar-refractivity contribution >= 4 is 5.69 Å². The van der Waals surface area contributed by atoms with Crippen molar-refractivity contribution in [1.29, 1.82) is 0 Å². The third-order valence-electron chi connectivity index (χ3n) is 3.24. The first-order chi connectivity index (χ1) is 9.58. The number of nitrogens with zero attached hydrogens (tertiary/aromatic N) is 1. The minimum Gasteiger partial charge on any atom is -0.493 e. The van der Waals surface area contributed by atoms with Gasteiger partial charge < -0.3 is 15.5 Å². The van der Waals surface area contributed by atoms with Crippen LogP contribution in [-0.4, -0.2) is 27.8 Å². The molecule has 0 spiro atoms. The molecule has 0 radical (unpaired) electrons. The monoisotopic (exact) mass is 276 g/mol. The summed E-state index contributed by atoms with van der Waals surface area (Å²) in [6, 6.07) is 9.54. The molecule has 0 aliphatic rings. The number of halogens is 1. The van der Waals surface area contributed by atoms with Gasteiger partial charge in [-0.25, -0.2) is 9.37 Å². The molecular formula is C15H17FN2O2. The third kappa shape index (κ3) is 3.45. The van der Waals surface area contributed by atoms with Crippen LogP contribution < -0.4 is 5.32 Å². The van der Waals surface area contributed by atoms with Gasteiger partial charge in [0.1, 0.15) is 5.82 Å². The van der Waals surface area contributed by atoms with Gasteiger partial charge in [-0.05, 0) is 17.7 Å². The minimum atomic E-state index is -0.735. The fourth-order valence-corrected chi connectivity index (χ4v) is 1.94. The number of benzene rings is 1. The summed E-state index contributed by atoms with van der Waals surface area (Å²) < 4.78 is 13.6. The highest BCUT2D eigenvalue weighted by molar-refractivity contribution is 5.42. The van der Waals surface area contributed by atoms with Crippen LogP contribution in [0.25, 0.3) is 0 Å². The van der Waals surface area contributed by atoms with E-state index in [9.17, 15) is 9.50 Å². The van der Waals surface area contributed by atoms with E-state index in [0.29, 0.717) is 11.3 Å². The Balaban J connectivity index is 1.96. The lowest BCUT2D eigenvalue weighted by Crippen LogP contribution is -2.25. The Morgan fingerprint density at radius 3 is 2.65 bits per heavy atom. The second kappa shape index (κ2) is 6.34. The molecule has 5 heteroatoms. The topological polar surface area (TPSA) is 65.4 Å². The predicted octanol–water partition coefficient (Wildman–Crippen LogP) is 2.50. The maximum absolute atomic E-state index is 13.6. The Hall–Kier alpha value is -2.14.